The van der Waals surface area contributed by atoms with Crippen molar-refractivity contribution in [3.05, 3.63) is 35.9 Å². The SMILES string of the molecule is CCCCCCCCCCCCCCCCI.IC1CCCCC1.ICCCc1ccccc1. The van der Waals surface area contributed by atoms with Crippen molar-refractivity contribution in [2.24, 2.45) is 0 Å². The fourth-order valence-electron chi connectivity index (χ4n) is 4.26. The predicted octanol–water partition coefficient (Wildman–Crippen LogP) is 12.7. The largest absolute Gasteiger partial charge is 0.0864 e. The number of hydrogen-bond acceptors (Lipinski definition) is 0. The summed E-state index contributed by atoms with van der Waals surface area (Å²) in [7, 11) is 0. The zero-order valence-electron chi connectivity index (χ0n) is 22.4. The molecule has 34 heavy (non-hydrogen) atoms. The molecule has 0 amide bonds. The van der Waals surface area contributed by atoms with Gasteiger partial charge in [0.05, 0.1) is 0 Å². The molecule has 0 spiro atoms. The van der Waals surface area contributed by atoms with Crippen molar-refractivity contribution in [2.45, 2.75) is 146 Å². The third-order valence-corrected chi connectivity index (χ3v) is 9.24. The van der Waals surface area contributed by atoms with E-state index in [1.54, 1.807) is 0 Å². The van der Waals surface area contributed by atoms with Crippen LogP contribution in [-0.4, -0.2) is 12.8 Å². The van der Waals surface area contributed by atoms with E-state index in [0.717, 1.165) is 3.92 Å². The Kier molecular flexibility index (Phi) is 31.9. The fourth-order valence-corrected chi connectivity index (χ4v) is 6.06. The third kappa shape index (κ3) is 28.0. The molecular formula is C31H55I3. The lowest BCUT2D eigenvalue weighted by atomic mass is 10.0. The predicted molar refractivity (Wildman–Crippen MR) is 184 cm³/mol. The summed E-state index contributed by atoms with van der Waals surface area (Å²) in [5, 5.41) is 0. The molecule has 0 aromatic heterocycles. The quantitative estimate of drug-likeness (QED) is 0.0836. The summed E-state index contributed by atoms with van der Waals surface area (Å²) in [6.07, 6.45) is 30.4. The maximum atomic E-state index is 2.56. The second-order valence-corrected chi connectivity index (χ2v) is 13.7. The first-order valence-electron chi connectivity index (χ1n) is 14.5. The number of halogens is 3. The van der Waals surface area contributed by atoms with Crippen molar-refractivity contribution < 1.29 is 0 Å². The molecule has 1 aromatic rings. The van der Waals surface area contributed by atoms with Crippen LogP contribution in [-0.2, 0) is 6.42 Å². The Hall–Kier alpha value is 1.41. The van der Waals surface area contributed by atoms with Gasteiger partial charge in [0.25, 0.3) is 0 Å². The molecule has 200 valence electrons. The Morgan fingerprint density at radius 1 is 0.588 bits per heavy atom. The summed E-state index contributed by atoms with van der Waals surface area (Å²) < 4.78 is 3.61. The minimum atomic E-state index is 1.01. The van der Waals surface area contributed by atoms with Gasteiger partial charge >= 0.3 is 0 Å². The smallest absolute Gasteiger partial charge is 0.0110 e. The second-order valence-electron chi connectivity index (χ2n) is 9.80. The van der Waals surface area contributed by atoms with Gasteiger partial charge in [-0.2, -0.15) is 0 Å². The van der Waals surface area contributed by atoms with Gasteiger partial charge in [-0.15, -0.1) is 0 Å². The highest BCUT2D eigenvalue weighted by atomic mass is 127. The molecule has 0 bridgehead atoms. The molecule has 0 heterocycles. The Morgan fingerprint density at radius 3 is 1.41 bits per heavy atom. The molecular weight excluding hydrogens is 753 g/mol. The number of alkyl halides is 3. The van der Waals surface area contributed by atoms with Gasteiger partial charge in [-0.3, -0.25) is 0 Å². The molecule has 0 saturated heterocycles. The van der Waals surface area contributed by atoms with Crippen LogP contribution in [0.1, 0.15) is 141 Å². The molecule has 0 nitrogen and oxygen atoms in total. The summed E-state index contributed by atoms with van der Waals surface area (Å²) in [5.41, 5.74) is 1.46. The van der Waals surface area contributed by atoms with Gasteiger partial charge in [-0.25, -0.2) is 0 Å². The van der Waals surface area contributed by atoms with E-state index in [9.17, 15) is 0 Å². The monoisotopic (exact) mass is 808 g/mol. The van der Waals surface area contributed by atoms with Gasteiger partial charge in [0.1, 0.15) is 0 Å². The molecule has 0 N–H and O–H groups in total. The Balaban J connectivity index is 0.000000534. The summed E-state index contributed by atoms with van der Waals surface area (Å²) in [5.74, 6) is 0. The van der Waals surface area contributed by atoms with Gasteiger partial charge < -0.3 is 0 Å². The van der Waals surface area contributed by atoms with Crippen molar-refractivity contribution >= 4 is 67.8 Å². The minimum absolute atomic E-state index is 1.01. The van der Waals surface area contributed by atoms with Crippen LogP contribution in [0.25, 0.3) is 0 Å². The van der Waals surface area contributed by atoms with Gasteiger partial charge in [0.2, 0.25) is 0 Å². The number of benzene rings is 1. The van der Waals surface area contributed by atoms with Crippen LogP contribution in [0.3, 0.4) is 0 Å². The van der Waals surface area contributed by atoms with E-state index >= 15 is 0 Å². The van der Waals surface area contributed by atoms with E-state index in [1.807, 2.05) is 0 Å². The number of hydrogen-bond donors (Lipinski definition) is 0. The summed E-state index contributed by atoms with van der Waals surface area (Å²) in [6.45, 7) is 2.29. The number of rotatable bonds is 17. The molecule has 0 radical (unpaired) electrons. The van der Waals surface area contributed by atoms with Crippen LogP contribution in [0, 0.1) is 0 Å². The summed E-state index contributed by atoms with van der Waals surface area (Å²) >= 11 is 7.45. The fraction of sp³-hybridized carbons (Fsp3) is 0.806. The number of unbranched alkanes of at least 4 members (excludes halogenated alkanes) is 13. The van der Waals surface area contributed by atoms with Crippen molar-refractivity contribution in [2.75, 3.05) is 8.86 Å². The van der Waals surface area contributed by atoms with Gasteiger partial charge in [0, 0.05) is 3.92 Å². The third-order valence-electron chi connectivity index (χ3n) is 6.46. The molecule has 1 aromatic carbocycles. The Labute approximate surface area is 255 Å². The second kappa shape index (κ2) is 30.6. The molecule has 1 aliphatic rings. The highest BCUT2D eigenvalue weighted by Crippen LogP contribution is 2.23. The molecule has 1 fully saturated rings. The molecule has 0 atom stereocenters. The van der Waals surface area contributed by atoms with Crippen molar-refractivity contribution in [1.29, 1.82) is 0 Å². The first-order chi connectivity index (χ1) is 16.7. The van der Waals surface area contributed by atoms with Crippen LogP contribution >= 0.6 is 67.8 Å². The average Bonchev–Trinajstić information content (AvgIpc) is 2.87. The first-order valence-corrected chi connectivity index (χ1v) is 18.8. The summed E-state index contributed by atoms with van der Waals surface area (Å²) in [6, 6.07) is 10.6. The van der Waals surface area contributed by atoms with Crippen LogP contribution in [0.15, 0.2) is 30.3 Å². The lowest BCUT2D eigenvalue weighted by molar-refractivity contribution is 0.528. The number of aryl methyl sites for hydroxylation is 1. The van der Waals surface area contributed by atoms with Crippen LogP contribution in [0.5, 0.6) is 0 Å². The van der Waals surface area contributed by atoms with Crippen molar-refractivity contribution in [3.63, 3.8) is 0 Å². The van der Waals surface area contributed by atoms with Gasteiger partial charge in [0.15, 0.2) is 0 Å². The normalized spacial score (nSPS) is 13.5. The highest BCUT2D eigenvalue weighted by Gasteiger charge is 2.07. The Morgan fingerprint density at radius 2 is 1.03 bits per heavy atom. The maximum Gasteiger partial charge on any atom is 0.0110 e. The van der Waals surface area contributed by atoms with Crippen LogP contribution in [0.2, 0.25) is 0 Å². The van der Waals surface area contributed by atoms with Gasteiger partial charge in [-0.05, 0) is 46.5 Å². The molecule has 3 heteroatoms. The lowest BCUT2D eigenvalue weighted by Crippen LogP contribution is -2.02. The van der Waals surface area contributed by atoms with Crippen molar-refractivity contribution in [1.82, 2.24) is 0 Å². The topological polar surface area (TPSA) is 0 Å². The highest BCUT2D eigenvalue weighted by molar-refractivity contribution is 14.1. The molecule has 1 saturated carbocycles. The zero-order valence-corrected chi connectivity index (χ0v) is 28.8. The minimum Gasteiger partial charge on any atom is -0.0864 e. The summed E-state index contributed by atoms with van der Waals surface area (Å²) in [4.78, 5) is 0. The van der Waals surface area contributed by atoms with E-state index in [1.165, 1.54) is 149 Å². The van der Waals surface area contributed by atoms with E-state index in [0.29, 0.717) is 0 Å². The molecule has 1 aliphatic carbocycles. The van der Waals surface area contributed by atoms with E-state index < -0.39 is 0 Å². The van der Waals surface area contributed by atoms with Crippen molar-refractivity contribution in [3.8, 4) is 0 Å². The molecule has 0 unspecified atom stereocenters. The molecule has 2 rings (SSSR count). The van der Waals surface area contributed by atoms with Crippen LogP contribution in [0.4, 0.5) is 0 Å². The average molecular weight is 808 g/mol. The molecule has 0 aliphatic heterocycles. The Bertz CT molecular complexity index is 457. The lowest BCUT2D eigenvalue weighted by Gasteiger charge is -2.13. The zero-order chi connectivity index (χ0) is 25.0. The standard InChI is InChI=1S/C16H33I.C9H11I.C6H11I/c1-2-3-4-5-6-7-8-9-10-11-12-13-14-15-16-17;10-8-4-7-9-5-2-1-3-6-9;7-6-4-2-1-3-5-6/h2-16H2,1H3;1-3,5-6H,4,7-8H2;6H,1-5H2. The van der Waals surface area contributed by atoms with E-state index in [-0.39, 0.29) is 0 Å². The van der Waals surface area contributed by atoms with Gasteiger partial charge in [-0.1, -0.05) is 208 Å². The first kappa shape index (κ1) is 35.4. The maximum absolute atomic E-state index is 2.56. The van der Waals surface area contributed by atoms with Crippen LogP contribution < -0.4 is 0 Å². The van der Waals surface area contributed by atoms with E-state index in [4.69, 9.17) is 0 Å². The van der Waals surface area contributed by atoms with E-state index in [2.05, 4.69) is 105 Å².